The molecular weight excluding hydrogens is 304 g/mol. The summed E-state index contributed by atoms with van der Waals surface area (Å²) < 4.78 is 1.98. The maximum atomic E-state index is 12.3. The van der Waals surface area contributed by atoms with Crippen LogP contribution in [0.2, 0.25) is 0 Å². The lowest BCUT2D eigenvalue weighted by Gasteiger charge is -2.11. The summed E-state index contributed by atoms with van der Waals surface area (Å²) >= 11 is 0. The standard InChI is InChI=1S/C17H20N6O/c24-17(16-12-6-1-2-7-13(12)19-22-16)18-10-5-9-15-21-20-14-8-3-4-11-23(14)15/h3-4,8,11H,1-2,5-7,9-10H2,(H,18,24)(H,19,22). The third-order valence-electron chi connectivity index (χ3n) is 4.52. The molecule has 0 saturated carbocycles. The molecule has 0 radical (unpaired) electrons. The zero-order chi connectivity index (χ0) is 16.4. The van der Waals surface area contributed by atoms with Crippen molar-refractivity contribution >= 4 is 11.6 Å². The van der Waals surface area contributed by atoms with Crippen molar-refractivity contribution < 1.29 is 4.79 Å². The molecule has 0 unspecified atom stereocenters. The van der Waals surface area contributed by atoms with Crippen molar-refractivity contribution in [2.75, 3.05) is 6.54 Å². The monoisotopic (exact) mass is 324 g/mol. The number of aryl methyl sites for hydroxylation is 2. The van der Waals surface area contributed by atoms with Gasteiger partial charge in [-0.15, -0.1) is 10.2 Å². The van der Waals surface area contributed by atoms with Crippen LogP contribution in [0.3, 0.4) is 0 Å². The Labute approximate surface area is 139 Å². The van der Waals surface area contributed by atoms with Gasteiger partial charge in [-0.1, -0.05) is 6.07 Å². The van der Waals surface area contributed by atoms with Crippen molar-refractivity contribution in [3.63, 3.8) is 0 Å². The number of carbonyl (C=O) groups excluding carboxylic acids is 1. The van der Waals surface area contributed by atoms with Gasteiger partial charge in [-0.25, -0.2) is 0 Å². The summed E-state index contributed by atoms with van der Waals surface area (Å²) in [5, 5.41) is 18.5. The van der Waals surface area contributed by atoms with Gasteiger partial charge in [0.2, 0.25) is 0 Å². The van der Waals surface area contributed by atoms with Crippen LogP contribution in [-0.2, 0) is 19.3 Å². The van der Waals surface area contributed by atoms with Crippen LogP contribution in [0, 0.1) is 0 Å². The van der Waals surface area contributed by atoms with Crippen LogP contribution in [0.5, 0.6) is 0 Å². The van der Waals surface area contributed by atoms with Crippen molar-refractivity contribution in [2.24, 2.45) is 0 Å². The van der Waals surface area contributed by atoms with Crippen LogP contribution in [0.1, 0.15) is 46.8 Å². The number of nitrogens with zero attached hydrogens (tertiary/aromatic N) is 4. The maximum Gasteiger partial charge on any atom is 0.272 e. The molecule has 4 rings (SSSR count). The number of H-pyrrole nitrogens is 1. The van der Waals surface area contributed by atoms with Crippen LogP contribution in [-0.4, -0.2) is 37.2 Å². The minimum Gasteiger partial charge on any atom is -0.351 e. The molecule has 124 valence electrons. The van der Waals surface area contributed by atoms with E-state index in [2.05, 4.69) is 25.7 Å². The third kappa shape index (κ3) is 2.77. The van der Waals surface area contributed by atoms with Crippen molar-refractivity contribution in [1.82, 2.24) is 30.1 Å². The van der Waals surface area contributed by atoms with Crippen LogP contribution in [0.25, 0.3) is 5.65 Å². The number of nitrogens with one attached hydrogen (secondary N) is 2. The molecule has 24 heavy (non-hydrogen) atoms. The number of fused-ring (bicyclic) bond motifs is 2. The highest BCUT2D eigenvalue weighted by Gasteiger charge is 2.21. The van der Waals surface area contributed by atoms with E-state index in [0.717, 1.165) is 54.8 Å². The minimum atomic E-state index is -0.0829. The van der Waals surface area contributed by atoms with E-state index in [1.54, 1.807) is 0 Å². The van der Waals surface area contributed by atoms with Gasteiger partial charge in [-0.2, -0.15) is 5.10 Å². The summed E-state index contributed by atoms with van der Waals surface area (Å²) in [4.78, 5) is 12.3. The Bertz CT molecular complexity index is 865. The lowest BCUT2D eigenvalue weighted by molar-refractivity contribution is 0.0947. The first-order chi connectivity index (χ1) is 11.8. The minimum absolute atomic E-state index is 0.0829. The molecule has 1 aliphatic carbocycles. The Morgan fingerprint density at radius 3 is 3.12 bits per heavy atom. The molecule has 7 heteroatoms. The van der Waals surface area contributed by atoms with Crippen molar-refractivity contribution in [1.29, 1.82) is 0 Å². The van der Waals surface area contributed by atoms with Crippen molar-refractivity contribution in [3.05, 3.63) is 47.2 Å². The van der Waals surface area contributed by atoms with Crippen molar-refractivity contribution in [2.45, 2.75) is 38.5 Å². The summed E-state index contributed by atoms with van der Waals surface area (Å²) in [5.74, 6) is 0.831. The molecular formula is C17H20N6O. The quantitative estimate of drug-likeness (QED) is 0.699. The first-order valence-corrected chi connectivity index (χ1v) is 8.46. The lowest BCUT2D eigenvalue weighted by Crippen LogP contribution is -2.26. The van der Waals surface area contributed by atoms with Gasteiger partial charge in [0.15, 0.2) is 11.3 Å². The second-order valence-corrected chi connectivity index (χ2v) is 6.14. The largest absolute Gasteiger partial charge is 0.351 e. The SMILES string of the molecule is O=C(NCCCc1nnc2ccccn12)c1n[nH]c2c1CCCC2. The summed E-state index contributed by atoms with van der Waals surface area (Å²) in [7, 11) is 0. The van der Waals surface area contributed by atoms with E-state index in [4.69, 9.17) is 0 Å². The van der Waals surface area contributed by atoms with Crippen LogP contribution in [0.4, 0.5) is 0 Å². The number of hydrogen-bond acceptors (Lipinski definition) is 4. The molecule has 7 nitrogen and oxygen atoms in total. The Balaban J connectivity index is 1.33. The number of rotatable bonds is 5. The predicted molar refractivity (Wildman–Crippen MR) is 88.9 cm³/mol. The zero-order valence-corrected chi connectivity index (χ0v) is 13.5. The fraction of sp³-hybridized carbons (Fsp3) is 0.412. The van der Waals surface area contributed by atoms with Gasteiger partial charge in [0.1, 0.15) is 5.82 Å². The van der Waals surface area contributed by atoms with E-state index in [1.165, 1.54) is 6.42 Å². The zero-order valence-electron chi connectivity index (χ0n) is 13.5. The average Bonchev–Trinajstić information content (AvgIpc) is 3.23. The topological polar surface area (TPSA) is 88.0 Å². The molecule has 0 aliphatic heterocycles. The van der Waals surface area contributed by atoms with Gasteiger partial charge in [-0.3, -0.25) is 14.3 Å². The Hall–Kier alpha value is -2.70. The van der Waals surface area contributed by atoms with Gasteiger partial charge >= 0.3 is 0 Å². The molecule has 1 amide bonds. The number of aromatic amines is 1. The van der Waals surface area contributed by atoms with E-state index in [0.29, 0.717) is 12.2 Å². The first-order valence-electron chi connectivity index (χ1n) is 8.46. The normalized spacial score (nSPS) is 13.8. The molecule has 2 N–H and O–H groups in total. The third-order valence-corrected chi connectivity index (χ3v) is 4.52. The van der Waals surface area contributed by atoms with Gasteiger partial charge < -0.3 is 5.32 Å². The number of hydrogen-bond donors (Lipinski definition) is 2. The predicted octanol–water partition coefficient (Wildman–Crippen LogP) is 1.69. The average molecular weight is 324 g/mol. The summed E-state index contributed by atoms with van der Waals surface area (Å²) in [5.41, 5.74) is 3.64. The molecule has 0 spiro atoms. The van der Waals surface area contributed by atoms with E-state index in [9.17, 15) is 4.79 Å². The lowest BCUT2D eigenvalue weighted by atomic mass is 9.96. The fourth-order valence-corrected chi connectivity index (χ4v) is 3.26. The summed E-state index contributed by atoms with van der Waals surface area (Å²) in [6, 6.07) is 5.83. The molecule has 0 aromatic carbocycles. The maximum absolute atomic E-state index is 12.3. The van der Waals surface area contributed by atoms with E-state index in [-0.39, 0.29) is 5.91 Å². The molecule has 1 aliphatic rings. The number of aromatic nitrogens is 5. The summed E-state index contributed by atoms with van der Waals surface area (Å²) in [6.45, 7) is 0.599. The highest BCUT2D eigenvalue weighted by Crippen LogP contribution is 2.21. The molecule has 0 atom stereocenters. The molecule has 3 aromatic rings. The van der Waals surface area contributed by atoms with Crippen molar-refractivity contribution in [3.8, 4) is 0 Å². The number of pyridine rings is 1. The van der Waals surface area contributed by atoms with Gasteiger partial charge in [0, 0.05) is 30.4 Å². The van der Waals surface area contributed by atoms with E-state index in [1.807, 2.05) is 28.8 Å². The van der Waals surface area contributed by atoms with E-state index < -0.39 is 0 Å². The Kier molecular flexibility index (Phi) is 3.98. The number of amides is 1. The molecule has 0 bridgehead atoms. The summed E-state index contributed by atoms with van der Waals surface area (Å²) in [6.07, 6.45) is 7.78. The molecule has 0 saturated heterocycles. The molecule has 0 fully saturated rings. The highest BCUT2D eigenvalue weighted by molar-refractivity contribution is 5.94. The second-order valence-electron chi connectivity index (χ2n) is 6.14. The highest BCUT2D eigenvalue weighted by atomic mass is 16.1. The van der Waals surface area contributed by atoms with Gasteiger partial charge in [-0.05, 0) is 44.2 Å². The van der Waals surface area contributed by atoms with E-state index >= 15 is 0 Å². The van der Waals surface area contributed by atoms with Gasteiger partial charge in [0.05, 0.1) is 0 Å². The van der Waals surface area contributed by atoms with Crippen LogP contribution >= 0.6 is 0 Å². The fourth-order valence-electron chi connectivity index (χ4n) is 3.26. The molecule has 3 heterocycles. The first kappa shape index (κ1) is 14.9. The number of carbonyl (C=O) groups is 1. The van der Waals surface area contributed by atoms with Crippen LogP contribution < -0.4 is 5.32 Å². The molecule has 3 aromatic heterocycles. The Morgan fingerprint density at radius 1 is 1.25 bits per heavy atom. The van der Waals surface area contributed by atoms with Gasteiger partial charge in [0.25, 0.3) is 5.91 Å². The smallest absolute Gasteiger partial charge is 0.272 e. The Morgan fingerprint density at radius 2 is 2.17 bits per heavy atom. The van der Waals surface area contributed by atoms with Crippen LogP contribution in [0.15, 0.2) is 24.4 Å². The second kappa shape index (κ2) is 6.43.